The molecule has 2 aromatic heterocycles. The Morgan fingerprint density at radius 3 is 3.00 bits per heavy atom. The largest absolute Gasteiger partial charge is 0.361 e. The number of pyridine rings is 1. The van der Waals surface area contributed by atoms with Crippen LogP contribution < -0.4 is 5.32 Å². The highest BCUT2D eigenvalue weighted by atomic mass is 16.2. The summed E-state index contributed by atoms with van der Waals surface area (Å²) in [5.74, 6) is -0.0885. The minimum atomic E-state index is -0.208. The van der Waals surface area contributed by atoms with E-state index in [-0.39, 0.29) is 11.4 Å². The number of aromatic amines is 1. The number of rotatable bonds is 6. The lowest BCUT2D eigenvalue weighted by Gasteiger charge is -2.26. The third-order valence-electron chi connectivity index (χ3n) is 5.84. The summed E-state index contributed by atoms with van der Waals surface area (Å²) in [6.45, 7) is 7.29. The second kappa shape index (κ2) is 7.76. The van der Waals surface area contributed by atoms with E-state index in [1.807, 2.05) is 18.3 Å². The zero-order valence-electron chi connectivity index (χ0n) is 16.7. The molecule has 1 atom stereocenters. The molecule has 0 saturated carbocycles. The summed E-state index contributed by atoms with van der Waals surface area (Å²) >= 11 is 0. The van der Waals surface area contributed by atoms with Crippen molar-refractivity contribution < 1.29 is 4.79 Å². The lowest BCUT2D eigenvalue weighted by Crippen LogP contribution is -2.48. The zero-order valence-corrected chi connectivity index (χ0v) is 16.7. The van der Waals surface area contributed by atoms with Crippen LogP contribution in [0.2, 0.25) is 0 Å². The first-order valence-electron chi connectivity index (χ1n) is 10.1. The van der Waals surface area contributed by atoms with Crippen molar-refractivity contribution in [1.82, 2.24) is 20.2 Å². The molecule has 1 fully saturated rings. The second-order valence-corrected chi connectivity index (χ2v) is 8.17. The molecule has 1 aliphatic rings. The molecule has 28 heavy (non-hydrogen) atoms. The number of nitrogens with one attached hydrogen (secondary N) is 2. The highest BCUT2D eigenvalue weighted by Gasteiger charge is 2.35. The first-order valence-corrected chi connectivity index (χ1v) is 10.1. The summed E-state index contributed by atoms with van der Waals surface area (Å²) in [5.41, 5.74) is 4.03. The summed E-state index contributed by atoms with van der Waals surface area (Å²) < 4.78 is 0. The molecular weight excluding hydrogens is 348 g/mol. The van der Waals surface area contributed by atoms with Gasteiger partial charge in [0.25, 0.3) is 5.91 Å². The Morgan fingerprint density at radius 2 is 2.14 bits per heavy atom. The zero-order chi connectivity index (χ0) is 19.6. The quantitative estimate of drug-likeness (QED) is 0.690. The van der Waals surface area contributed by atoms with E-state index < -0.39 is 0 Å². The van der Waals surface area contributed by atoms with Crippen molar-refractivity contribution in [1.29, 1.82) is 0 Å². The van der Waals surface area contributed by atoms with Gasteiger partial charge >= 0.3 is 0 Å². The molecule has 1 amide bonds. The average Bonchev–Trinajstić information content (AvgIpc) is 3.29. The van der Waals surface area contributed by atoms with Gasteiger partial charge in [-0.2, -0.15) is 0 Å². The Bertz CT molecular complexity index is 979. The highest BCUT2D eigenvalue weighted by molar-refractivity contribution is 6.04. The van der Waals surface area contributed by atoms with E-state index in [9.17, 15) is 4.79 Å². The Morgan fingerprint density at radius 1 is 1.29 bits per heavy atom. The number of amides is 1. The smallest absolute Gasteiger partial charge is 0.271 e. The lowest BCUT2D eigenvalue weighted by atomic mass is 10.0. The minimum absolute atomic E-state index is 0.0885. The fraction of sp³-hybridized carbons (Fsp3) is 0.391. The molecule has 0 bridgehead atoms. The molecule has 2 N–H and O–H groups in total. The first-order chi connectivity index (χ1) is 13.5. The Balaban J connectivity index is 1.33. The highest BCUT2D eigenvalue weighted by Crippen LogP contribution is 2.23. The fourth-order valence-corrected chi connectivity index (χ4v) is 4.23. The molecule has 1 saturated heterocycles. The molecule has 146 valence electrons. The van der Waals surface area contributed by atoms with Gasteiger partial charge in [-0.05, 0) is 62.9 Å². The number of fused-ring (bicyclic) bond motifs is 1. The third-order valence-corrected chi connectivity index (χ3v) is 5.84. The Labute approximate surface area is 166 Å². The van der Waals surface area contributed by atoms with Crippen LogP contribution in [0.3, 0.4) is 0 Å². The predicted octanol–water partition coefficient (Wildman–Crippen LogP) is 3.70. The maximum absolute atomic E-state index is 12.9. The number of likely N-dealkylation sites (tertiary alicyclic amines) is 1. The molecule has 0 aliphatic carbocycles. The third kappa shape index (κ3) is 3.94. The van der Waals surface area contributed by atoms with Crippen molar-refractivity contribution in [2.45, 2.75) is 38.6 Å². The Hall–Kier alpha value is -2.66. The predicted molar refractivity (Wildman–Crippen MR) is 113 cm³/mol. The summed E-state index contributed by atoms with van der Waals surface area (Å²) in [5, 5.41) is 4.12. The fourth-order valence-electron chi connectivity index (χ4n) is 4.23. The minimum Gasteiger partial charge on any atom is -0.361 e. The van der Waals surface area contributed by atoms with Crippen LogP contribution in [0.1, 0.15) is 41.4 Å². The summed E-state index contributed by atoms with van der Waals surface area (Å²) in [6, 6.07) is 12.4. The van der Waals surface area contributed by atoms with Crippen LogP contribution in [0.5, 0.6) is 0 Å². The van der Waals surface area contributed by atoms with Crippen LogP contribution in [0.15, 0.2) is 48.8 Å². The number of benzene rings is 1. The number of carbonyl (C=O) groups excluding carboxylic acids is 1. The van der Waals surface area contributed by atoms with Gasteiger partial charge in [-0.25, -0.2) is 0 Å². The first kappa shape index (κ1) is 18.7. The summed E-state index contributed by atoms with van der Waals surface area (Å²) in [6.07, 6.45) is 6.73. The van der Waals surface area contributed by atoms with Gasteiger partial charge in [0.15, 0.2) is 0 Å². The molecular formula is C23H28N4O. The number of hydrogen-bond donors (Lipinski definition) is 2. The Kier molecular flexibility index (Phi) is 5.18. The van der Waals surface area contributed by atoms with Crippen molar-refractivity contribution in [2.75, 3.05) is 19.6 Å². The van der Waals surface area contributed by atoms with Gasteiger partial charge in [0.2, 0.25) is 0 Å². The van der Waals surface area contributed by atoms with Gasteiger partial charge in [0, 0.05) is 36.4 Å². The van der Waals surface area contributed by atoms with E-state index in [4.69, 9.17) is 0 Å². The monoisotopic (exact) mass is 376 g/mol. The standard InChI is InChI=1S/C23H28N4O/c1-17-6-3-4-7-18(17)8-5-14-27-15-11-23(2,16-27)26-22(28)21-19-9-12-24-20(19)10-13-25-21/h3-4,6-7,9-10,12-13,24H,5,8,11,14-16H2,1-2H3,(H,26,28). The van der Waals surface area contributed by atoms with E-state index in [1.165, 1.54) is 11.1 Å². The molecule has 1 aromatic carbocycles. The van der Waals surface area contributed by atoms with Gasteiger partial charge < -0.3 is 15.2 Å². The van der Waals surface area contributed by atoms with Gasteiger partial charge in [-0.1, -0.05) is 24.3 Å². The average molecular weight is 377 g/mol. The number of hydrogen-bond acceptors (Lipinski definition) is 3. The number of H-pyrrole nitrogens is 1. The van der Waals surface area contributed by atoms with Crippen LogP contribution in [0.25, 0.3) is 10.9 Å². The maximum Gasteiger partial charge on any atom is 0.271 e. The molecule has 0 spiro atoms. The molecule has 3 heterocycles. The van der Waals surface area contributed by atoms with Crippen LogP contribution in [-0.4, -0.2) is 45.9 Å². The number of aryl methyl sites for hydroxylation is 2. The SMILES string of the molecule is Cc1ccccc1CCCN1CCC(C)(NC(=O)c2nccc3[nH]ccc23)C1. The maximum atomic E-state index is 12.9. The topological polar surface area (TPSA) is 61.0 Å². The van der Waals surface area contributed by atoms with Crippen molar-refractivity contribution in [3.05, 3.63) is 65.6 Å². The number of carbonyl (C=O) groups is 1. The molecule has 1 unspecified atom stereocenters. The van der Waals surface area contributed by atoms with Crippen molar-refractivity contribution >= 4 is 16.8 Å². The van der Waals surface area contributed by atoms with Crippen molar-refractivity contribution in [3.8, 4) is 0 Å². The molecule has 4 rings (SSSR count). The second-order valence-electron chi connectivity index (χ2n) is 8.17. The number of aromatic nitrogens is 2. The molecule has 3 aromatic rings. The van der Waals surface area contributed by atoms with E-state index in [0.717, 1.165) is 49.8 Å². The van der Waals surface area contributed by atoms with Gasteiger partial charge in [0.05, 0.1) is 5.54 Å². The molecule has 5 nitrogen and oxygen atoms in total. The van der Waals surface area contributed by atoms with Crippen molar-refractivity contribution in [3.63, 3.8) is 0 Å². The van der Waals surface area contributed by atoms with E-state index in [2.05, 4.69) is 58.3 Å². The lowest BCUT2D eigenvalue weighted by molar-refractivity contribution is 0.0904. The van der Waals surface area contributed by atoms with Crippen LogP contribution in [0.4, 0.5) is 0 Å². The van der Waals surface area contributed by atoms with E-state index >= 15 is 0 Å². The van der Waals surface area contributed by atoms with Gasteiger partial charge in [0.1, 0.15) is 5.69 Å². The molecule has 1 aliphatic heterocycles. The normalized spacial score (nSPS) is 19.9. The van der Waals surface area contributed by atoms with E-state index in [1.54, 1.807) is 6.20 Å². The molecule has 0 radical (unpaired) electrons. The van der Waals surface area contributed by atoms with E-state index in [0.29, 0.717) is 5.69 Å². The molecule has 5 heteroatoms. The van der Waals surface area contributed by atoms with Crippen LogP contribution in [-0.2, 0) is 6.42 Å². The van der Waals surface area contributed by atoms with Gasteiger partial charge in [-0.15, -0.1) is 0 Å². The van der Waals surface area contributed by atoms with Crippen molar-refractivity contribution in [2.24, 2.45) is 0 Å². The van der Waals surface area contributed by atoms with Crippen LogP contribution >= 0.6 is 0 Å². The van der Waals surface area contributed by atoms with Crippen LogP contribution in [0, 0.1) is 6.92 Å². The summed E-state index contributed by atoms with van der Waals surface area (Å²) in [4.78, 5) is 22.8. The number of nitrogens with zero attached hydrogens (tertiary/aromatic N) is 2. The van der Waals surface area contributed by atoms with Gasteiger partial charge in [-0.3, -0.25) is 9.78 Å². The summed E-state index contributed by atoms with van der Waals surface area (Å²) in [7, 11) is 0.